The number of para-hydroxylation sites is 1. The van der Waals surface area contributed by atoms with E-state index in [1.165, 1.54) is 6.07 Å². The van der Waals surface area contributed by atoms with Crippen molar-refractivity contribution in [3.8, 4) is 0 Å². The quantitative estimate of drug-likeness (QED) is 0.819. The zero-order chi connectivity index (χ0) is 12.9. The van der Waals surface area contributed by atoms with Gasteiger partial charge < -0.3 is 10.2 Å². The number of hydrogen-bond donors (Lipinski definition) is 1. The second-order valence-corrected chi connectivity index (χ2v) is 5.04. The highest BCUT2D eigenvalue weighted by Gasteiger charge is 2.13. The lowest BCUT2D eigenvalue weighted by molar-refractivity contribution is 0.381. The Labute approximate surface area is 104 Å². The molecule has 0 heterocycles. The predicted octanol–water partition coefficient (Wildman–Crippen LogP) is 3.04. The van der Waals surface area contributed by atoms with Crippen LogP contribution in [0.15, 0.2) is 24.3 Å². The van der Waals surface area contributed by atoms with E-state index >= 15 is 0 Å². The normalized spacial score (nSPS) is 11.6. The fourth-order valence-corrected chi connectivity index (χ4v) is 1.57. The van der Waals surface area contributed by atoms with Crippen molar-refractivity contribution in [1.82, 2.24) is 5.32 Å². The topological polar surface area (TPSA) is 15.3 Å². The summed E-state index contributed by atoms with van der Waals surface area (Å²) in [6, 6.07) is 6.87. The van der Waals surface area contributed by atoms with Crippen molar-refractivity contribution in [2.24, 2.45) is 0 Å². The average molecular weight is 238 g/mol. The van der Waals surface area contributed by atoms with Crippen LogP contribution < -0.4 is 10.2 Å². The zero-order valence-corrected chi connectivity index (χ0v) is 11.3. The lowest BCUT2D eigenvalue weighted by Gasteiger charge is -2.27. The molecule has 0 aliphatic carbocycles. The van der Waals surface area contributed by atoms with Crippen LogP contribution in [0.1, 0.15) is 27.2 Å². The number of nitrogens with one attached hydrogen (secondary N) is 1. The number of benzene rings is 1. The highest BCUT2D eigenvalue weighted by atomic mass is 19.1. The third-order valence-corrected chi connectivity index (χ3v) is 3.20. The Balaban J connectivity index is 2.46. The van der Waals surface area contributed by atoms with Crippen molar-refractivity contribution in [2.75, 3.05) is 25.0 Å². The minimum Gasteiger partial charge on any atom is -0.371 e. The van der Waals surface area contributed by atoms with Crippen LogP contribution in [0.4, 0.5) is 10.1 Å². The van der Waals surface area contributed by atoms with Gasteiger partial charge >= 0.3 is 0 Å². The highest BCUT2D eigenvalue weighted by molar-refractivity contribution is 5.46. The molecule has 0 aliphatic heterocycles. The van der Waals surface area contributed by atoms with Crippen molar-refractivity contribution < 1.29 is 4.39 Å². The van der Waals surface area contributed by atoms with Gasteiger partial charge in [0.1, 0.15) is 5.82 Å². The number of nitrogens with zero attached hydrogens (tertiary/aromatic N) is 1. The van der Waals surface area contributed by atoms with Crippen LogP contribution in [0, 0.1) is 5.82 Å². The second kappa shape index (κ2) is 6.01. The molecule has 0 bridgehead atoms. The lowest BCUT2D eigenvalue weighted by atomic mass is 10.0. The van der Waals surface area contributed by atoms with Gasteiger partial charge in [-0.2, -0.15) is 0 Å². The highest BCUT2D eigenvalue weighted by Crippen LogP contribution is 2.16. The molecule has 0 atom stereocenters. The molecule has 2 nitrogen and oxygen atoms in total. The van der Waals surface area contributed by atoms with E-state index in [1.807, 2.05) is 18.0 Å². The summed E-state index contributed by atoms with van der Waals surface area (Å²) in [6.45, 7) is 8.16. The first-order chi connectivity index (χ1) is 7.96. The third kappa shape index (κ3) is 4.35. The molecular formula is C14H23FN2. The number of likely N-dealkylation sites (N-methyl/N-ethyl adjacent to an activating group) is 1. The molecular weight excluding hydrogens is 215 g/mol. The standard InChI is InChI=1S/C14H23FN2/c1-5-14(2,3)16-10-11-17(4)13-9-7-6-8-12(13)15/h6-9,16H,5,10-11H2,1-4H3. The number of anilines is 1. The predicted molar refractivity (Wildman–Crippen MR) is 72.0 cm³/mol. The summed E-state index contributed by atoms with van der Waals surface area (Å²) in [5, 5.41) is 3.46. The van der Waals surface area contributed by atoms with Crippen molar-refractivity contribution in [1.29, 1.82) is 0 Å². The van der Waals surface area contributed by atoms with Gasteiger partial charge in [0.05, 0.1) is 5.69 Å². The molecule has 0 radical (unpaired) electrons. The molecule has 1 rings (SSSR count). The van der Waals surface area contributed by atoms with E-state index in [-0.39, 0.29) is 11.4 Å². The van der Waals surface area contributed by atoms with Gasteiger partial charge in [0.25, 0.3) is 0 Å². The summed E-state index contributed by atoms with van der Waals surface area (Å²) in [6.07, 6.45) is 1.08. The second-order valence-electron chi connectivity index (χ2n) is 5.04. The summed E-state index contributed by atoms with van der Waals surface area (Å²) in [7, 11) is 1.92. The van der Waals surface area contributed by atoms with Crippen LogP contribution in [-0.4, -0.2) is 25.7 Å². The zero-order valence-electron chi connectivity index (χ0n) is 11.3. The van der Waals surface area contributed by atoms with Gasteiger partial charge in [-0.25, -0.2) is 4.39 Å². The molecule has 0 spiro atoms. The smallest absolute Gasteiger partial charge is 0.146 e. The molecule has 0 fully saturated rings. The maximum Gasteiger partial charge on any atom is 0.146 e. The van der Waals surface area contributed by atoms with Crippen LogP contribution in [-0.2, 0) is 0 Å². The van der Waals surface area contributed by atoms with Crippen molar-refractivity contribution >= 4 is 5.69 Å². The van der Waals surface area contributed by atoms with Gasteiger partial charge in [0.2, 0.25) is 0 Å². The van der Waals surface area contributed by atoms with E-state index in [2.05, 4.69) is 26.1 Å². The molecule has 17 heavy (non-hydrogen) atoms. The van der Waals surface area contributed by atoms with Crippen LogP contribution in [0.3, 0.4) is 0 Å². The van der Waals surface area contributed by atoms with E-state index in [1.54, 1.807) is 12.1 Å². The number of rotatable bonds is 6. The van der Waals surface area contributed by atoms with Crippen molar-refractivity contribution in [3.05, 3.63) is 30.1 Å². The molecule has 1 aromatic rings. The molecule has 0 unspecified atom stereocenters. The van der Waals surface area contributed by atoms with Gasteiger partial charge in [-0.1, -0.05) is 19.1 Å². The molecule has 0 saturated carbocycles. The van der Waals surface area contributed by atoms with Crippen molar-refractivity contribution in [3.63, 3.8) is 0 Å². The van der Waals surface area contributed by atoms with Crippen LogP contribution >= 0.6 is 0 Å². The molecule has 0 amide bonds. The van der Waals surface area contributed by atoms with E-state index in [0.29, 0.717) is 5.69 Å². The van der Waals surface area contributed by atoms with Crippen molar-refractivity contribution in [2.45, 2.75) is 32.7 Å². The first kappa shape index (κ1) is 14.0. The summed E-state index contributed by atoms with van der Waals surface area (Å²) in [5.41, 5.74) is 0.805. The maximum absolute atomic E-state index is 13.5. The Morgan fingerprint density at radius 3 is 2.53 bits per heavy atom. The maximum atomic E-state index is 13.5. The third-order valence-electron chi connectivity index (χ3n) is 3.20. The number of hydrogen-bond acceptors (Lipinski definition) is 2. The first-order valence-electron chi connectivity index (χ1n) is 6.17. The molecule has 0 saturated heterocycles. The molecule has 0 aliphatic rings. The average Bonchev–Trinajstić information content (AvgIpc) is 2.29. The molecule has 3 heteroatoms. The first-order valence-corrected chi connectivity index (χ1v) is 6.17. The van der Waals surface area contributed by atoms with E-state index in [9.17, 15) is 4.39 Å². The van der Waals surface area contributed by atoms with Crippen LogP contribution in [0.2, 0.25) is 0 Å². The number of halogens is 1. The minimum atomic E-state index is -0.162. The minimum absolute atomic E-state index is 0.149. The summed E-state index contributed by atoms with van der Waals surface area (Å²) < 4.78 is 13.5. The summed E-state index contributed by atoms with van der Waals surface area (Å²) in [4.78, 5) is 1.94. The molecule has 1 aromatic carbocycles. The SMILES string of the molecule is CCC(C)(C)NCCN(C)c1ccccc1F. The van der Waals surface area contributed by atoms with Gasteiger partial charge in [-0.3, -0.25) is 0 Å². The monoisotopic (exact) mass is 238 g/mol. The van der Waals surface area contributed by atoms with Crippen LogP contribution in [0.25, 0.3) is 0 Å². The fraction of sp³-hybridized carbons (Fsp3) is 0.571. The fourth-order valence-electron chi connectivity index (χ4n) is 1.57. The van der Waals surface area contributed by atoms with Gasteiger partial charge in [-0.15, -0.1) is 0 Å². The Morgan fingerprint density at radius 1 is 1.29 bits per heavy atom. The largest absolute Gasteiger partial charge is 0.371 e. The Kier molecular flexibility index (Phi) is 4.94. The van der Waals surface area contributed by atoms with Crippen LogP contribution in [0.5, 0.6) is 0 Å². The Morgan fingerprint density at radius 2 is 1.94 bits per heavy atom. The Bertz CT molecular complexity index is 350. The van der Waals surface area contributed by atoms with Gasteiger partial charge in [0, 0.05) is 25.7 Å². The molecule has 96 valence electrons. The summed E-state index contributed by atoms with van der Waals surface area (Å²) >= 11 is 0. The molecule has 1 N–H and O–H groups in total. The van der Waals surface area contributed by atoms with Gasteiger partial charge in [-0.05, 0) is 32.4 Å². The molecule has 0 aromatic heterocycles. The Hall–Kier alpha value is -1.09. The van der Waals surface area contributed by atoms with E-state index in [0.717, 1.165) is 19.5 Å². The lowest BCUT2D eigenvalue weighted by Crippen LogP contribution is -2.42. The van der Waals surface area contributed by atoms with Gasteiger partial charge in [0.15, 0.2) is 0 Å². The van der Waals surface area contributed by atoms with E-state index < -0.39 is 0 Å². The van der Waals surface area contributed by atoms with E-state index in [4.69, 9.17) is 0 Å². The summed E-state index contributed by atoms with van der Waals surface area (Å²) in [5.74, 6) is -0.162.